The van der Waals surface area contributed by atoms with Crippen LogP contribution in [0.25, 0.3) is 0 Å². The van der Waals surface area contributed by atoms with Crippen LogP contribution in [-0.2, 0) is 4.79 Å². The van der Waals surface area contributed by atoms with Crippen LogP contribution in [0.1, 0.15) is 25.0 Å². The summed E-state index contributed by atoms with van der Waals surface area (Å²) < 4.78 is 0.799. The molecule has 1 rings (SSSR count). The average molecular weight is 249 g/mol. The van der Waals surface area contributed by atoms with Gasteiger partial charge in [0.2, 0.25) is 11.8 Å². The van der Waals surface area contributed by atoms with Gasteiger partial charge in [-0.3, -0.25) is 9.59 Å². The summed E-state index contributed by atoms with van der Waals surface area (Å²) in [4.78, 5) is 23.6. The van der Waals surface area contributed by atoms with Crippen molar-refractivity contribution >= 4 is 5.91 Å². The molecular weight excluding hydrogens is 234 g/mol. The second-order valence-electron chi connectivity index (χ2n) is 4.30. The summed E-state index contributed by atoms with van der Waals surface area (Å²) in [6.07, 6.45) is 0. The number of carbonyl (C=O) groups is 1. The summed E-state index contributed by atoms with van der Waals surface area (Å²) >= 11 is 0. The largest absolute Gasteiger partial charge is 0.492 e. The van der Waals surface area contributed by atoms with E-state index in [0.717, 1.165) is 9.69 Å². The molecular formula is C12H15N3O3. The van der Waals surface area contributed by atoms with Gasteiger partial charge in [0.1, 0.15) is 11.6 Å². The molecule has 1 amide bonds. The van der Waals surface area contributed by atoms with Crippen LogP contribution >= 0.6 is 0 Å². The molecule has 0 atom stereocenters. The Bertz CT molecular complexity index is 581. The van der Waals surface area contributed by atoms with E-state index in [0.29, 0.717) is 5.56 Å². The normalized spacial score (nSPS) is 10.2. The molecule has 0 saturated carbocycles. The summed E-state index contributed by atoms with van der Waals surface area (Å²) in [6.45, 7) is 4.91. The monoisotopic (exact) mass is 249 g/mol. The highest BCUT2D eigenvalue weighted by atomic mass is 16.3. The predicted octanol–water partition coefficient (Wildman–Crippen LogP) is 0.484. The third-order valence-electron chi connectivity index (χ3n) is 2.59. The van der Waals surface area contributed by atoms with Crippen LogP contribution in [0.4, 0.5) is 0 Å². The maximum atomic E-state index is 11.8. The smallest absolute Gasteiger partial charge is 0.272 e. The fraction of sp³-hybridized carbons (Fsp3) is 0.417. The van der Waals surface area contributed by atoms with Gasteiger partial charge in [-0.1, -0.05) is 13.8 Å². The Hall–Kier alpha value is -2.29. The second-order valence-corrected chi connectivity index (χ2v) is 4.30. The lowest BCUT2D eigenvalue weighted by Gasteiger charge is -2.23. The third-order valence-corrected chi connectivity index (χ3v) is 2.59. The van der Waals surface area contributed by atoms with Crippen LogP contribution in [0.15, 0.2) is 10.9 Å². The maximum absolute atomic E-state index is 11.8. The number of nitriles is 1. The molecule has 6 nitrogen and oxygen atoms in total. The Balaban J connectivity index is 3.48. The van der Waals surface area contributed by atoms with E-state index in [9.17, 15) is 14.7 Å². The fourth-order valence-corrected chi connectivity index (χ4v) is 1.61. The van der Waals surface area contributed by atoms with Crippen molar-refractivity contribution in [2.24, 2.45) is 5.92 Å². The van der Waals surface area contributed by atoms with Crippen molar-refractivity contribution in [3.63, 3.8) is 0 Å². The number of pyridine rings is 1. The van der Waals surface area contributed by atoms with Crippen molar-refractivity contribution in [3.05, 3.63) is 27.5 Å². The minimum absolute atomic E-state index is 0.0157. The quantitative estimate of drug-likeness (QED) is 0.826. The Kier molecular flexibility index (Phi) is 3.76. The van der Waals surface area contributed by atoms with E-state index in [4.69, 9.17) is 5.26 Å². The number of aromatic nitrogens is 1. The van der Waals surface area contributed by atoms with Crippen LogP contribution in [0.5, 0.6) is 5.88 Å². The summed E-state index contributed by atoms with van der Waals surface area (Å²) in [6, 6.07) is 3.02. The molecule has 1 heterocycles. The van der Waals surface area contributed by atoms with E-state index in [2.05, 4.69) is 0 Å². The van der Waals surface area contributed by atoms with Gasteiger partial charge in [-0.2, -0.15) is 9.94 Å². The molecule has 0 aliphatic heterocycles. The molecule has 0 unspecified atom stereocenters. The summed E-state index contributed by atoms with van der Waals surface area (Å²) in [5.41, 5.74) is -0.194. The van der Waals surface area contributed by atoms with Crippen LogP contribution in [0.3, 0.4) is 0 Å². The zero-order valence-corrected chi connectivity index (χ0v) is 10.8. The molecule has 0 aliphatic carbocycles. The highest BCUT2D eigenvalue weighted by Gasteiger charge is 2.21. The number of hydrogen-bond donors (Lipinski definition) is 1. The van der Waals surface area contributed by atoms with E-state index < -0.39 is 11.4 Å². The van der Waals surface area contributed by atoms with Gasteiger partial charge in [-0.25, -0.2) is 5.01 Å². The molecule has 6 heteroatoms. The average Bonchev–Trinajstić information content (AvgIpc) is 2.27. The fourth-order valence-electron chi connectivity index (χ4n) is 1.61. The maximum Gasteiger partial charge on any atom is 0.272 e. The Morgan fingerprint density at radius 1 is 1.56 bits per heavy atom. The highest BCUT2D eigenvalue weighted by Crippen LogP contribution is 2.17. The van der Waals surface area contributed by atoms with Gasteiger partial charge in [0.25, 0.3) is 5.56 Å². The Morgan fingerprint density at radius 2 is 2.11 bits per heavy atom. The predicted molar refractivity (Wildman–Crippen MR) is 65.8 cm³/mol. The standard InChI is InChI=1S/C12H15N3O3/c1-7(2)11(17)14(4)15-10(16)5-8(3)9(6-13)12(15)18/h5,7,18H,1-4H3. The van der Waals surface area contributed by atoms with Crippen molar-refractivity contribution in [1.29, 1.82) is 5.26 Å². The van der Waals surface area contributed by atoms with Crippen molar-refractivity contribution in [2.45, 2.75) is 20.8 Å². The molecule has 18 heavy (non-hydrogen) atoms. The summed E-state index contributed by atoms with van der Waals surface area (Å²) in [5, 5.41) is 19.8. The van der Waals surface area contributed by atoms with Crippen LogP contribution < -0.4 is 10.6 Å². The van der Waals surface area contributed by atoms with Crippen LogP contribution in [0, 0.1) is 24.2 Å². The number of amides is 1. The molecule has 0 aromatic carbocycles. The topological polar surface area (TPSA) is 86.3 Å². The first-order valence-corrected chi connectivity index (χ1v) is 5.44. The van der Waals surface area contributed by atoms with Gasteiger partial charge in [-0.15, -0.1) is 0 Å². The van der Waals surface area contributed by atoms with E-state index >= 15 is 0 Å². The zero-order valence-electron chi connectivity index (χ0n) is 10.8. The third kappa shape index (κ3) is 2.20. The van der Waals surface area contributed by atoms with Gasteiger partial charge < -0.3 is 5.11 Å². The van der Waals surface area contributed by atoms with Gasteiger partial charge in [0, 0.05) is 19.0 Å². The Labute approximate surface area is 105 Å². The van der Waals surface area contributed by atoms with Gasteiger partial charge in [0.05, 0.1) is 0 Å². The minimum Gasteiger partial charge on any atom is -0.492 e. The van der Waals surface area contributed by atoms with Crippen molar-refractivity contribution in [2.75, 3.05) is 12.1 Å². The number of carbonyl (C=O) groups excluding carboxylic acids is 1. The molecule has 1 aromatic rings. The molecule has 0 saturated heterocycles. The number of nitrogens with zero attached hydrogens (tertiary/aromatic N) is 3. The first kappa shape index (κ1) is 13.8. The number of hydrogen-bond acceptors (Lipinski definition) is 4. The molecule has 0 fully saturated rings. The van der Waals surface area contributed by atoms with Crippen LogP contribution in [0.2, 0.25) is 0 Å². The van der Waals surface area contributed by atoms with E-state index in [1.54, 1.807) is 26.8 Å². The molecule has 0 radical (unpaired) electrons. The number of aryl methyl sites for hydroxylation is 1. The number of rotatable bonds is 2. The molecule has 1 aromatic heterocycles. The molecule has 0 aliphatic rings. The number of aromatic hydroxyl groups is 1. The van der Waals surface area contributed by atoms with Crippen LogP contribution in [-0.4, -0.2) is 22.7 Å². The summed E-state index contributed by atoms with van der Waals surface area (Å²) in [7, 11) is 1.37. The first-order valence-electron chi connectivity index (χ1n) is 5.44. The molecule has 0 spiro atoms. The van der Waals surface area contributed by atoms with Gasteiger partial charge in [0.15, 0.2) is 0 Å². The van der Waals surface area contributed by atoms with E-state index in [1.807, 2.05) is 0 Å². The molecule has 96 valence electrons. The van der Waals surface area contributed by atoms with Crippen molar-refractivity contribution in [3.8, 4) is 11.9 Å². The first-order chi connectivity index (χ1) is 8.31. The van der Waals surface area contributed by atoms with Gasteiger partial charge >= 0.3 is 0 Å². The van der Waals surface area contributed by atoms with Gasteiger partial charge in [-0.05, 0) is 12.5 Å². The Morgan fingerprint density at radius 3 is 2.56 bits per heavy atom. The lowest BCUT2D eigenvalue weighted by atomic mass is 10.1. The lowest BCUT2D eigenvalue weighted by Crippen LogP contribution is -2.45. The van der Waals surface area contributed by atoms with E-state index in [1.165, 1.54) is 13.1 Å². The highest BCUT2D eigenvalue weighted by molar-refractivity contribution is 5.87. The lowest BCUT2D eigenvalue weighted by molar-refractivity contribution is -0.122. The van der Waals surface area contributed by atoms with Crippen molar-refractivity contribution < 1.29 is 9.90 Å². The van der Waals surface area contributed by atoms with Crippen molar-refractivity contribution in [1.82, 2.24) is 4.68 Å². The molecule has 0 bridgehead atoms. The zero-order chi connectivity index (χ0) is 14.0. The minimum atomic E-state index is -0.555. The molecule has 1 N–H and O–H groups in total. The SMILES string of the molecule is Cc1cc(=O)n(N(C)C(=O)C(C)C)c(O)c1C#N. The van der Waals surface area contributed by atoms with E-state index in [-0.39, 0.29) is 17.4 Å². The summed E-state index contributed by atoms with van der Waals surface area (Å²) in [5.74, 6) is -1.17. The second kappa shape index (κ2) is 4.92.